The first-order valence-corrected chi connectivity index (χ1v) is 6.30. The molecule has 6 heteroatoms. The van der Waals surface area contributed by atoms with E-state index in [1.807, 2.05) is 0 Å². The van der Waals surface area contributed by atoms with Gasteiger partial charge in [-0.2, -0.15) is 0 Å². The Morgan fingerprint density at radius 2 is 2.10 bits per heavy atom. The summed E-state index contributed by atoms with van der Waals surface area (Å²) in [5, 5.41) is 8.71. The molecule has 0 radical (unpaired) electrons. The molecule has 1 amide bonds. The highest BCUT2D eigenvalue weighted by atomic mass is 19.1. The Balaban J connectivity index is 2.74. The minimum absolute atomic E-state index is 0.0917. The minimum Gasteiger partial charge on any atom is -0.481 e. The van der Waals surface area contributed by atoms with Crippen molar-refractivity contribution in [2.75, 3.05) is 26.8 Å². The minimum atomic E-state index is -0.978. The summed E-state index contributed by atoms with van der Waals surface area (Å²) in [7, 11) is 1.55. The van der Waals surface area contributed by atoms with Crippen LogP contribution >= 0.6 is 0 Å². The predicted molar refractivity (Wildman–Crippen MR) is 71.0 cm³/mol. The number of rotatable bonds is 8. The van der Waals surface area contributed by atoms with Gasteiger partial charge in [-0.3, -0.25) is 9.59 Å². The molecule has 20 heavy (non-hydrogen) atoms. The lowest BCUT2D eigenvalue weighted by Gasteiger charge is -2.22. The van der Waals surface area contributed by atoms with Crippen molar-refractivity contribution in [3.05, 3.63) is 35.6 Å². The highest BCUT2D eigenvalue weighted by molar-refractivity contribution is 5.94. The Kier molecular flexibility index (Phi) is 6.66. The van der Waals surface area contributed by atoms with Gasteiger partial charge < -0.3 is 14.7 Å². The van der Waals surface area contributed by atoms with Crippen LogP contribution in [0, 0.1) is 5.82 Å². The first kappa shape index (κ1) is 16.1. The smallest absolute Gasteiger partial charge is 0.305 e. The van der Waals surface area contributed by atoms with E-state index in [0.29, 0.717) is 19.6 Å². The number of hydrogen-bond donors (Lipinski definition) is 1. The van der Waals surface area contributed by atoms with Crippen LogP contribution in [-0.2, 0) is 9.53 Å². The van der Waals surface area contributed by atoms with Crippen LogP contribution in [0.15, 0.2) is 24.3 Å². The van der Waals surface area contributed by atoms with Crippen molar-refractivity contribution in [1.29, 1.82) is 0 Å². The third-order valence-electron chi connectivity index (χ3n) is 2.73. The van der Waals surface area contributed by atoms with Crippen LogP contribution in [0.1, 0.15) is 23.2 Å². The molecule has 0 aromatic heterocycles. The molecule has 0 aliphatic carbocycles. The van der Waals surface area contributed by atoms with E-state index < -0.39 is 11.8 Å². The van der Waals surface area contributed by atoms with E-state index in [4.69, 9.17) is 9.84 Å². The van der Waals surface area contributed by atoms with Gasteiger partial charge in [-0.05, 0) is 24.6 Å². The normalized spacial score (nSPS) is 10.3. The van der Waals surface area contributed by atoms with E-state index in [1.165, 1.54) is 23.1 Å². The van der Waals surface area contributed by atoms with E-state index in [-0.39, 0.29) is 24.4 Å². The second kappa shape index (κ2) is 8.27. The summed E-state index contributed by atoms with van der Waals surface area (Å²) >= 11 is 0. The number of benzene rings is 1. The SMILES string of the molecule is COCCCN(CCC(=O)O)C(=O)c1cccc(F)c1. The lowest BCUT2D eigenvalue weighted by molar-refractivity contribution is -0.137. The van der Waals surface area contributed by atoms with Gasteiger partial charge in [-0.25, -0.2) is 4.39 Å². The molecular formula is C14H18FNO4. The van der Waals surface area contributed by atoms with Crippen LogP contribution in [-0.4, -0.2) is 48.7 Å². The van der Waals surface area contributed by atoms with Gasteiger partial charge in [0.25, 0.3) is 5.91 Å². The van der Waals surface area contributed by atoms with Crippen molar-refractivity contribution in [1.82, 2.24) is 4.90 Å². The molecule has 0 aliphatic heterocycles. The number of nitrogens with zero attached hydrogens (tertiary/aromatic N) is 1. The van der Waals surface area contributed by atoms with Crippen LogP contribution in [0.3, 0.4) is 0 Å². The van der Waals surface area contributed by atoms with Gasteiger partial charge in [0.2, 0.25) is 0 Å². The fraction of sp³-hybridized carbons (Fsp3) is 0.429. The largest absolute Gasteiger partial charge is 0.481 e. The summed E-state index contributed by atoms with van der Waals surface area (Å²) < 4.78 is 18.0. The van der Waals surface area contributed by atoms with Gasteiger partial charge in [-0.15, -0.1) is 0 Å². The van der Waals surface area contributed by atoms with E-state index in [1.54, 1.807) is 7.11 Å². The van der Waals surface area contributed by atoms with Gasteiger partial charge in [0, 0.05) is 32.4 Å². The number of ether oxygens (including phenoxy) is 1. The Morgan fingerprint density at radius 3 is 2.70 bits per heavy atom. The number of carbonyl (C=O) groups excluding carboxylic acids is 1. The predicted octanol–water partition coefficient (Wildman–Crippen LogP) is 1.78. The number of amides is 1. The molecule has 5 nitrogen and oxygen atoms in total. The third-order valence-corrected chi connectivity index (χ3v) is 2.73. The van der Waals surface area contributed by atoms with Gasteiger partial charge in [0.15, 0.2) is 0 Å². The first-order valence-electron chi connectivity index (χ1n) is 6.30. The second-order valence-corrected chi connectivity index (χ2v) is 4.29. The molecule has 0 heterocycles. The van der Waals surface area contributed by atoms with Crippen molar-refractivity contribution in [3.63, 3.8) is 0 Å². The topological polar surface area (TPSA) is 66.8 Å². The number of carbonyl (C=O) groups is 2. The van der Waals surface area contributed by atoms with Crippen molar-refractivity contribution in [2.24, 2.45) is 0 Å². The van der Waals surface area contributed by atoms with E-state index in [0.717, 1.165) is 6.07 Å². The molecule has 1 aromatic carbocycles. The monoisotopic (exact) mass is 283 g/mol. The van der Waals surface area contributed by atoms with Crippen molar-refractivity contribution >= 4 is 11.9 Å². The maximum atomic E-state index is 13.1. The average molecular weight is 283 g/mol. The van der Waals surface area contributed by atoms with Crippen LogP contribution in [0.25, 0.3) is 0 Å². The quantitative estimate of drug-likeness (QED) is 0.738. The van der Waals surface area contributed by atoms with Gasteiger partial charge in [-0.1, -0.05) is 6.07 Å². The van der Waals surface area contributed by atoms with Crippen LogP contribution in [0.4, 0.5) is 4.39 Å². The summed E-state index contributed by atoms with van der Waals surface area (Å²) in [6.45, 7) is 0.935. The molecule has 1 N–H and O–H groups in total. The number of hydrogen-bond acceptors (Lipinski definition) is 3. The fourth-order valence-electron chi connectivity index (χ4n) is 1.75. The summed E-state index contributed by atoms with van der Waals surface area (Å²) in [5.41, 5.74) is 0.216. The third kappa shape index (κ3) is 5.36. The number of carboxylic acids is 1. The Bertz CT molecular complexity index is 464. The zero-order valence-electron chi connectivity index (χ0n) is 11.3. The van der Waals surface area contributed by atoms with Gasteiger partial charge in [0.1, 0.15) is 5.82 Å². The molecule has 0 bridgehead atoms. The number of carboxylic acid groups (broad SMARTS) is 1. The molecule has 1 aromatic rings. The molecule has 0 spiro atoms. The maximum absolute atomic E-state index is 13.1. The van der Waals surface area contributed by atoms with Gasteiger partial charge in [0.05, 0.1) is 6.42 Å². The van der Waals surface area contributed by atoms with E-state index >= 15 is 0 Å². The highest BCUT2D eigenvalue weighted by Crippen LogP contribution is 2.09. The Hall–Kier alpha value is -1.95. The molecule has 0 aliphatic rings. The fourth-order valence-corrected chi connectivity index (χ4v) is 1.75. The molecular weight excluding hydrogens is 265 g/mol. The Labute approximate surface area is 117 Å². The first-order chi connectivity index (χ1) is 9.54. The zero-order chi connectivity index (χ0) is 15.0. The molecule has 0 atom stereocenters. The number of methoxy groups -OCH3 is 1. The molecule has 1 rings (SSSR count). The van der Waals surface area contributed by atoms with Crippen molar-refractivity contribution in [2.45, 2.75) is 12.8 Å². The van der Waals surface area contributed by atoms with Crippen LogP contribution in [0.5, 0.6) is 0 Å². The highest BCUT2D eigenvalue weighted by Gasteiger charge is 2.16. The van der Waals surface area contributed by atoms with Crippen LogP contribution in [0.2, 0.25) is 0 Å². The molecule has 110 valence electrons. The Morgan fingerprint density at radius 1 is 1.35 bits per heavy atom. The maximum Gasteiger partial charge on any atom is 0.305 e. The van der Waals surface area contributed by atoms with Crippen molar-refractivity contribution in [3.8, 4) is 0 Å². The summed E-state index contributed by atoms with van der Waals surface area (Å²) in [4.78, 5) is 24.3. The van der Waals surface area contributed by atoms with Gasteiger partial charge >= 0.3 is 5.97 Å². The zero-order valence-corrected chi connectivity index (χ0v) is 11.3. The van der Waals surface area contributed by atoms with Crippen LogP contribution < -0.4 is 0 Å². The molecule has 0 unspecified atom stereocenters. The molecule has 0 fully saturated rings. The number of aliphatic carboxylic acids is 1. The van der Waals surface area contributed by atoms with Crippen molar-refractivity contribution < 1.29 is 23.8 Å². The van der Waals surface area contributed by atoms with E-state index in [2.05, 4.69) is 0 Å². The average Bonchev–Trinajstić information content (AvgIpc) is 2.41. The summed E-state index contributed by atoms with van der Waals surface area (Å²) in [6, 6.07) is 5.36. The molecule has 0 saturated carbocycles. The summed E-state index contributed by atoms with van der Waals surface area (Å²) in [5.74, 6) is -1.85. The number of halogens is 1. The lowest BCUT2D eigenvalue weighted by atomic mass is 10.2. The standard InChI is InChI=1S/C14H18FNO4/c1-20-9-3-7-16(8-6-13(17)18)14(19)11-4-2-5-12(15)10-11/h2,4-5,10H,3,6-9H2,1H3,(H,17,18). The second-order valence-electron chi connectivity index (χ2n) is 4.29. The lowest BCUT2D eigenvalue weighted by Crippen LogP contribution is -2.34. The summed E-state index contributed by atoms with van der Waals surface area (Å²) in [6.07, 6.45) is 0.450. The molecule has 0 saturated heterocycles. The van der Waals surface area contributed by atoms with E-state index in [9.17, 15) is 14.0 Å².